The summed E-state index contributed by atoms with van der Waals surface area (Å²) in [5, 5.41) is 12.2. The second kappa shape index (κ2) is 9.85. The molecule has 0 aromatic heterocycles. The Labute approximate surface area is 188 Å². The van der Waals surface area contributed by atoms with Crippen molar-refractivity contribution in [2.24, 2.45) is 0 Å². The van der Waals surface area contributed by atoms with Crippen LogP contribution in [-0.4, -0.2) is 11.9 Å². The smallest absolute Gasteiger partial charge is 0.343 e. The highest BCUT2D eigenvalue weighted by Crippen LogP contribution is 2.23. The van der Waals surface area contributed by atoms with Gasteiger partial charge in [-0.2, -0.15) is 5.26 Å². The maximum atomic E-state index is 12.5. The van der Waals surface area contributed by atoms with Gasteiger partial charge in [0.2, 0.25) is 0 Å². The normalized spacial score (nSPS) is 10.8. The van der Waals surface area contributed by atoms with E-state index in [-0.39, 0.29) is 11.3 Å². The molecule has 0 saturated carbocycles. The summed E-state index contributed by atoms with van der Waals surface area (Å²) in [5.74, 6) is -0.797. The molecule has 0 fully saturated rings. The number of hydrogen-bond acceptors (Lipinski definition) is 4. The first kappa shape index (κ1) is 21.3. The number of halogens is 1. The van der Waals surface area contributed by atoms with E-state index in [2.05, 4.69) is 27.9 Å². The van der Waals surface area contributed by atoms with Gasteiger partial charge in [-0.1, -0.05) is 35.9 Å². The fourth-order valence-electron chi connectivity index (χ4n) is 2.58. The van der Waals surface area contributed by atoms with Crippen LogP contribution in [0, 0.1) is 21.8 Å². The summed E-state index contributed by atoms with van der Waals surface area (Å²) in [5.41, 5.74) is 2.38. The predicted molar refractivity (Wildman–Crippen MR) is 124 cm³/mol. The molecule has 0 aliphatic rings. The molecule has 0 radical (unpaired) electrons. The van der Waals surface area contributed by atoms with Crippen LogP contribution in [0.25, 0.3) is 6.08 Å². The minimum atomic E-state index is -0.543. The largest absolute Gasteiger partial charge is 0.422 e. The number of aryl methyl sites for hydroxylation is 1. The highest BCUT2D eigenvalue weighted by atomic mass is 127. The fourth-order valence-corrected chi connectivity index (χ4v) is 2.94. The number of nitriles is 1. The van der Waals surface area contributed by atoms with Gasteiger partial charge in [0, 0.05) is 14.8 Å². The number of esters is 1. The van der Waals surface area contributed by atoms with E-state index in [4.69, 9.17) is 4.74 Å². The Kier molecular flexibility index (Phi) is 6.99. The Bertz CT molecular complexity index is 1140. The minimum Gasteiger partial charge on any atom is -0.422 e. The summed E-state index contributed by atoms with van der Waals surface area (Å²) in [6, 6.07) is 22.9. The molecule has 5 nitrogen and oxygen atoms in total. The molecule has 148 valence electrons. The highest BCUT2D eigenvalue weighted by molar-refractivity contribution is 14.1. The van der Waals surface area contributed by atoms with Crippen LogP contribution in [0.2, 0.25) is 0 Å². The average molecular weight is 508 g/mol. The summed E-state index contributed by atoms with van der Waals surface area (Å²) < 4.78 is 6.54. The van der Waals surface area contributed by atoms with Gasteiger partial charge >= 0.3 is 5.97 Å². The summed E-state index contributed by atoms with van der Waals surface area (Å²) in [7, 11) is 0. The van der Waals surface area contributed by atoms with E-state index in [1.165, 1.54) is 6.08 Å². The van der Waals surface area contributed by atoms with Gasteiger partial charge in [-0.15, -0.1) is 0 Å². The Morgan fingerprint density at radius 2 is 1.67 bits per heavy atom. The molecule has 0 heterocycles. The van der Waals surface area contributed by atoms with E-state index in [9.17, 15) is 14.9 Å². The summed E-state index contributed by atoms with van der Waals surface area (Å²) in [6.45, 7) is 1.93. The molecule has 1 amide bonds. The quantitative estimate of drug-likeness (QED) is 0.165. The number of anilines is 1. The molecule has 0 atom stereocenters. The van der Waals surface area contributed by atoms with Crippen LogP contribution in [0.1, 0.15) is 21.5 Å². The number of rotatable bonds is 5. The molecule has 1 N–H and O–H groups in total. The number of nitrogens with one attached hydrogen (secondary N) is 1. The summed E-state index contributed by atoms with van der Waals surface area (Å²) in [4.78, 5) is 25.0. The van der Waals surface area contributed by atoms with Crippen molar-refractivity contribution in [1.82, 2.24) is 0 Å². The summed E-state index contributed by atoms with van der Waals surface area (Å²) >= 11 is 2.17. The Morgan fingerprint density at radius 1 is 1.00 bits per heavy atom. The van der Waals surface area contributed by atoms with Crippen molar-refractivity contribution in [1.29, 1.82) is 5.26 Å². The molecule has 0 aliphatic carbocycles. The highest BCUT2D eigenvalue weighted by Gasteiger charge is 2.14. The Hall–Kier alpha value is -3.44. The topological polar surface area (TPSA) is 79.2 Å². The van der Waals surface area contributed by atoms with Crippen molar-refractivity contribution in [3.05, 3.63) is 98.6 Å². The molecule has 3 aromatic carbocycles. The van der Waals surface area contributed by atoms with Gasteiger partial charge < -0.3 is 10.1 Å². The molecule has 0 spiro atoms. The zero-order valence-corrected chi connectivity index (χ0v) is 18.2. The van der Waals surface area contributed by atoms with Crippen molar-refractivity contribution >= 4 is 46.2 Å². The van der Waals surface area contributed by atoms with Crippen LogP contribution in [0.3, 0.4) is 0 Å². The Morgan fingerprint density at radius 3 is 2.33 bits per heavy atom. The third-order valence-electron chi connectivity index (χ3n) is 4.18. The van der Waals surface area contributed by atoms with E-state index in [0.717, 1.165) is 9.13 Å². The van der Waals surface area contributed by atoms with Crippen molar-refractivity contribution in [2.75, 3.05) is 5.32 Å². The number of para-hydroxylation sites is 1. The number of benzene rings is 3. The maximum absolute atomic E-state index is 12.5. The molecule has 30 heavy (non-hydrogen) atoms. The van der Waals surface area contributed by atoms with Gasteiger partial charge in [0.15, 0.2) is 0 Å². The van der Waals surface area contributed by atoms with Crippen molar-refractivity contribution < 1.29 is 14.3 Å². The third-order valence-corrected chi connectivity index (χ3v) is 4.90. The third kappa shape index (κ3) is 5.55. The van der Waals surface area contributed by atoms with E-state index >= 15 is 0 Å². The van der Waals surface area contributed by atoms with Crippen molar-refractivity contribution in [3.8, 4) is 11.8 Å². The summed E-state index contributed by atoms with van der Waals surface area (Å²) in [6.07, 6.45) is 1.40. The SMILES string of the molecule is Cc1ccc(C(=O)Oc2ccccc2/C=C(\C#N)C(=O)Nc2ccc(I)cc2)cc1. The number of nitrogens with zero attached hydrogens (tertiary/aromatic N) is 1. The first-order chi connectivity index (χ1) is 14.5. The predicted octanol–water partition coefficient (Wildman–Crippen LogP) is 5.36. The second-order valence-corrected chi connectivity index (χ2v) is 7.67. The van der Waals surface area contributed by atoms with E-state index in [0.29, 0.717) is 16.8 Å². The molecule has 0 unspecified atom stereocenters. The van der Waals surface area contributed by atoms with Crippen molar-refractivity contribution in [2.45, 2.75) is 6.92 Å². The van der Waals surface area contributed by atoms with Crippen LogP contribution in [0.5, 0.6) is 5.75 Å². The van der Waals surface area contributed by atoms with Crippen LogP contribution >= 0.6 is 22.6 Å². The van der Waals surface area contributed by atoms with E-state index in [1.807, 2.05) is 37.3 Å². The number of amides is 1. The van der Waals surface area contributed by atoms with Gasteiger partial charge in [0.05, 0.1) is 5.56 Å². The van der Waals surface area contributed by atoms with Crippen LogP contribution in [0.15, 0.2) is 78.4 Å². The van der Waals surface area contributed by atoms with Gasteiger partial charge in [-0.3, -0.25) is 4.79 Å². The lowest BCUT2D eigenvalue weighted by Gasteiger charge is -2.09. The zero-order chi connectivity index (χ0) is 21.5. The molecule has 0 bridgehead atoms. The molecule has 0 aliphatic heterocycles. The average Bonchev–Trinajstić information content (AvgIpc) is 2.75. The number of carbonyl (C=O) groups is 2. The van der Waals surface area contributed by atoms with Crippen LogP contribution < -0.4 is 10.1 Å². The molecular weight excluding hydrogens is 491 g/mol. The van der Waals surface area contributed by atoms with Gasteiger partial charge in [-0.25, -0.2) is 4.79 Å². The van der Waals surface area contributed by atoms with Gasteiger partial charge in [-0.05, 0) is 78.1 Å². The standard InChI is InChI=1S/C24H17IN2O3/c1-16-6-8-17(9-7-16)24(29)30-22-5-3-2-4-18(22)14-19(15-26)23(28)27-21-12-10-20(25)11-13-21/h2-14H,1H3,(H,27,28)/b19-14+. The molecular formula is C24H17IN2O3. The first-order valence-corrected chi connectivity index (χ1v) is 10.1. The minimum absolute atomic E-state index is 0.104. The van der Waals surface area contributed by atoms with E-state index < -0.39 is 11.9 Å². The second-order valence-electron chi connectivity index (χ2n) is 6.42. The molecule has 0 saturated heterocycles. The lowest BCUT2D eigenvalue weighted by Crippen LogP contribution is -2.13. The van der Waals surface area contributed by atoms with Crippen LogP contribution in [-0.2, 0) is 4.79 Å². The van der Waals surface area contributed by atoms with Crippen molar-refractivity contribution in [3.63, 3.8) is 0 Å². The Balaban J connectivity index is 1.82. The molecule has 3 rings (SSSR count). The fraction of sp³-hybridized carbons (Fsp3) is 0.0417. The van der Waals surface area contributed by atoms with Crippen LogP contribution in [0.4, 0.5) is 5.69 Å². The molecule has 3 aromatic rings. The number of ether oxygens (including phenoxy) is 1. The maximum Gasteiger partial charge on any atom is 0.343 e. The lowest BCUT2D eigenvalue weighted by atomic mass is 10.1. The zero-order valence-electron chi connectivity index (χ0n) is 16.1. The first-order valence-electron chi connectivity index (χ1n) is 9.03. The van der Waals surface area contributed by atoms with Gasteiger partial charge in [0.1, 0.15) is 17.4 Å². The number of carbonyl (C=O) groups excluding carboxylic acids is 2. The monoisotopic (exact) mass is 508 g/mol. The van der Waals surface area contributed by atoms with E-state index in [1.54, 1.807) is 48.5 Å². The lowest BCUT2D eigenvalue weighted by molar-refractivity contribution is -0.112. The number of hydrogen-bond donors (Lipinski definition) is 1. The van der Waals surface area contributed by atoms with Gasteiger partial charge in [0.25, 0.3) is 5.91 Å². The molecule has 6 heteroatoms.